The minimum Gasteiger partial charge on any atom is -0.370 e. The molecule has 6 heteroatoms. The molecule has 29 heavy (non-hydrogen) atoms. The van der Waals surface area contributed by atoms with E-state index in [0.29, 0.717) is 18.2 Å². The third-order valence-electron chi connectivity index (χ3n) is 6.62. The van der Waals surface area contributed by atoms with Crippen LogP contribution in [0.5, 0.6) is 0 Å². The Bertz CT molecular complexity index is 840. The number of carbonyl (C=O) groups excluding carboxylic acids is 1. The van der Waals surface area contributed by atoms with E-state index in [-0.39, 0.29) is 18.0 Å². The smallest absolute Gasteiger partial charge is 0.222 e. The van der Waals surface area contributed by atoms with Crippen molar-refractivity contribution in [1.82, 2.24) is 10.2 Å². The van der Waals surface area contributed by atoms with Crippen molar-refractivity contribution in [2.75, 3.05) is 32.8 Å². The highest BCUT2D eigenvalue weighted by molar-refractivity contribution is 7.15. The maximum Gasteiger partial charge on any atom is 0.222 e. The van der Waals surface area contributed by atoms with Crippen LogP contribution in [0.2, 0.25) is 0 Å². The molecule has 2 fully saturated rings. The molecule has 1 aromatic heterocycles. The number of nitrogens with zero attached hydrogens (tertiary/aromatic N) is 1. The lowest BCUT2D eigenvalue weighted by Crippen LogP contribution is -2.48. The van der Waals surface area contributed by atoms with Crippen LogP contribution in [-0.4, -0.2) is 43.6 Å². The number of hydrogen-bond donors (Lipinski definition) is 1. The molecule has 3 aliphatic rings. The van der Waals surface area contributed by atoms with Gasteiger partial charge in [-0.1, -0.05) is 30.3 Å². The first-order valence-electron chi connectivity index (χ1n) is 10.5. The monoisotopic (exact) mass is 432 g/mol. The topological polar surface area (TPSA) is 41.6 Å². The predicted molar refractivity (Wildman–Crippen MR) is 120 cm³/mol. The molecule has 0 aliphatic carbocycles. The summed E-state index contributed by atoms with van der Waals surface area (Å²) in [5.74, 6) is 0.848. The van der Waals surface area contributed by atoms with Gasteiger partial charge in [0.1, 0.15) is 0 Å². The molecular weight excluding hydrogens is 404 g/mol. The SMILES string of the molecule is Cl.O=C(CC1CCNC1)N1CCC2(CC1)OCCc1sc(-c3ccccc3)cc12. The van der Waals surface area contributed by atoms with Gasteiger partial charge >= 0.3 is 0 Å². The summed E-state index contributed by atoms with van der Waals surface area (Å²) in [5, 5.41) is 3.36. The van der Waals surface area contributed by atoms with E-state index < -0.39 is 0 Å². The Labute approximate surface area is 183 Å². The molecule has 0 saturated carbocycles. The van der Waals surface area contributed by atoms with E-state index in [1.807, 2.05) is 11.3 Å². The highest BCUT2D eigenvalue weighted by Crippen LogP contribution is 2.46. The van der Waals surface area contributed by atoms with E-state index in [9.17, 15) is 4.79 Å². The molecule has 0 bridgehead atoms. The molecule has 0 radical (unpaired) electrons. The van der Waals surface area contributed by atoms with Gasteiger partial charge in [-0.05, 0) is 55.5 Å². The van der Waals surface area contributed by atoms with Crippen LogP contribution in [0, 0.1) is 5.92 Å². The van der Waals surface area contributed by atoms with Gasteiger partial charge in [-0.2, -0.15) is 0 Å². The van der Waals surface area contributed by atoms with Gasteiger partial charge in [0.15, 0.2) is 0 Å². The van der Waals surface area contributed by atoms with Crippen LogP contribution < -0.4 is 5.32 Å². The number of thiophene rings is 1. The number of likely N-dealkylation sites (tertiary alicyclic amines) is 1. The molecule has 1 amide bonds. The predicted octanol–water partition coefficient (Wildman–Crippen LogP) is 4.23. The number of rotatable bonds is 3. The molecule has 1 unspecified atom stereocenters. The minimum atomic E-state index is -0.192. The zero-order valence-electron chi connectivity index (χ0n) is 16.7. The molecule has 2 saturated heterocycles. The van der Waals surface area contributed by atoms with Crippen LogP contribution in [0.1, 0.15) is 36.1 Å². The van der Waals surface area contributed by atoms with Crippen LogP contribution in [0.25, 0.3) is 10.4 Å². The average molecular weight is 433 g/mol. The summed E-state index contributed by atoms with van der Waals surface area (Å²) in [5.41, 5.74) is 2.48. The van der Waals surface area contributed by atoms with Crippen molar-refractivity contribution in [2.24, 2.45) is 5.92 Å². The molecule has 1 spiro atoms. The first-order valence-corrected chi connectivity index (χ1v) is 11.4. The van der Waals surface area contributed by atoms with Crippen LogP contribution >= 0.6 is 23.7 Å². The zero-order valence-corrected chi connectivity index (χ0v) is 18.3. The Morgan fingerprint density at radius 2 is 2.03 bits per heavy atom. The molecule has 156 valence electrons. The standard InChI is InChI=1S/C23H28N2O2S.ClH/c26-22(14-17-6-10-24-16-17)25-11-8-23(9-12-25)19-15-21(18-4-2-1-3-5-18)28-20(19)7-13-27-23;/h1-5,15,17,24H,6-14,16H2;1H. The van der Waals surface area contributed by atoms with Crippen molar-refractivity contribution in [2.45, 2.75) is 37.7 Å². The zero-order chi connectivity index (χ0) is 19.0. The van der Waals surface area contributed by atoms with Crippen molar-refractivity contribution in [3.8, 4) is 10.4 Å². The summed E-state index contributed by atoms with van der Waals surface area (Å²) in [6.07, 6.45) is 4.67. The lowest BCUT2D eigenvalue weighted by atomic mass is 9.82. The number of nitrogens with one attached hydrogen (secondary N) is 1. The second-order valence-electron chi connectivity index (χ2n) is 8.35. The second kappa shape index (κ2) is 8.76. The number of halogens is 1. The average Bonchev–Trinajstić information content (AvgIpc) is 3.40. The summed E-state index contributed by atoms with van der Waals surface area (Å²) in [7, 11) is 0. The van der Waals surface area contributed by atoms with Gasteiger partial charge < -0.3 is 15.0 Å². The fourth-order valence-corrected chi connectivity index (χ4v) is 6.19. The van der Waals surface area contributed by atoms with Gasteiger partial charge in [0.2, 0.25) is 5.91 Å². The summed E-state index contributed by atoms with van der Waals surface area (Å²) >= 11 is 1.92. The van der Waals surface area contributed by atoms with Crippen LogP contribution in [0.4, 0.5) is 0 Å². The first-order chi connectivity index (χ1) is 13.7. The number of amides is 1. The number of benzene rings is 1. The lowest BCUT2D eigenvalue weighted by molar-refractivity contribution is -0.141. The highest BCUT2D eigenvalue weighted by atomic mass is 35.5. The Balaban J connectivity index is 0.00000205. The lowest BCUT2D eigenvalue weighted by Gasteiger charge is -2.44. The third-order valence-corrected chi connectivity index (χ3v) is 7.86. The normalized spacial score (nSPS) is 22.9. The molecule has 1 aromatic carbocycles. The van der Waals surface area contributed by atoms with Gasteiger partial charge in [0.25, 0.3) is 0 Å². The Morgan fingerprint density at radius 3 is 2.76 bits per heavy atom. The highest BCUT2D eigenvalue weighted by Gasteiger charge is 2.43. The summed E-state index contributed by atoms with van der Waals surface area (Å²) in [4.78, 5) is 17.6. The van der Waals surface area contributed by atoms with Crippen LogP contribution in [0.15, 0.2) is 36.4 Å². The van der Waals surface area contributed by atoms with Gasteiger partial charge in [0, 0.05) is 35.7 Å². The van der Waals surface area contributed by atoms with Crippen LogP contribution in [0.3, 0.4) is 0 Å². The maximum absolute atomic E-state index is 12.7. The first kappa shape index (κ1) is 20.9. The second-order valence-corrected chi connectivity index (χ2v) is 9.49. The maximum atomic E-state index is 12.7. The summed E-state index contributed by atoms with van der Waals surface area (Å²) in [6.45, 7) is 4.47. The number of fused-ring (bicyclic) bond motifs is 2. The number of ether oxygens (including phenoxy) is 1. The molecule has 2 aromatic rings. The number of carbonyl (C=O) groups is 1. The van der Waals surface area contributed by atoms with Gasteiger partial charge in [-0.15, -0.1) is 23.7 Å². The van der Waals surface area contributed by atoms with Crippen molar-refractivity contribution in [1.29, 1.82) is 0 Å². The van der Waals surface area contributed by atoms with E-state index >= 15 is 0 Å². The van der Waals surface area contributed by atoms with E-state index in [2.05, 4.69) is 46.6 Å². The molecule has 4 heterocycles. The quantitative estimate of drug-likeness (QED) is 0.789. The van der Waals surface area contributed by atoms with Gasteiger partial charge in [-0.25, -0.2) is 0 Å². The third kappa shape index (κ3) is 4.11. The van der Waals surface area contributed by atoms with Gasteiger partial charge in [-0.3, -0.25) is 4.79 Å². The molecule has 4 nitrogen and oxygen atoms in total. The summed E-state index contributed by atoms with van der Waals surface area (Å²) in [6, 6.07) is 13.0. The van der Waals surface area contributed by atoms with Gasteiger partial charge in [0.05, 0.1) is 12.2 Å². The molecular formula is C23H29ClN2O2S. The number of hydrogen-bond acceptors (Lipinski definition) is 4. The van der Waals surface area contributed by atoms with E-state index in [4.69, 9.17) is 4.74 Å². The van der Waals surface area contributed by atoms with Crippen molar-refractivity contribution >= 4 is 29.7 Å². The molecule has 1 atom stereocenters. The van der Waals surface area contributed by atoms with E-state index in [1.54, 1.807) is 0 Å². The molecule has 5 rings (SSSR count). The number of piperidine rings is 1. The Morgan fingerprint density at radius 1 is 1.24 bits per heavy atom. The fourth-order valence-electron chi connectivity index (χ4n) is 4.96. The minimum absolute atomic E-state index is 0. The van der Waals surface area contributed by atoms with Crippen LogP contribution in [-0.2, 0) is 21.6 Å². The van der Waals surface area contributed by atoms with Crippen molar-refractivity contribution < 1.29 is 9.53 Å². The Hall–Kier alpha value is -1.40. The van der Waals surface area contributed by atoms with E-state index in [1.165, 1.54) is 20.9 Å². The van der Waals surface area contributed by atoms with E-state index in [0.717, 1.165) is 58.5 Å². The summed E-state index contributed by atoms with van der Waals surface area (Å²) < 4.78 is 6.40. The van der Waals surface area contributed by atoms with Crippen molar-refractivity contribution in [3.05, 3.63) is 46.8 Å². The fraction of sp³-hybridized carbons (Fsp3) is 0.522. The molecule has 3 aliphatic heterocycles. The molecule has 1 N–H and O–H groups in total. The van der Waals surface area contributed by atoms with Crippen molar-refractivity contribution in [3.63, 3.8) is 0 Å². The Kier molecular flexibility index (Phi) is 6.30. The largest absolute Gasteiger partial charge is 0.370 e.